The van der Waals surface area contributed by atoms with E-state index in [0.29, 0.717) is 13.1 Å². The van der Waals surface area contributed by atoms with Crippen LogP contribution in [0.1, 0.15) is 11.1 Å². The Morgan fingerprint density at radius 2 is 1.95 bits per heavy atom. The lowest BCUT2D eigenvalue weighted by molar-refractivity contribution is -0.129. The number of hydrogen-bond donors (Lipinski definition) is 1. The molecule has 7 heteroatoms. The maximum absolute atomic E-state index is 12.1. The molecule has 7 nitrogen and oxygen atoms in total. The third-order valence-corrected chi connectivity index (χ3v) is 4.06. The molecule has 0 aromatic heterocycles. The Balaban J connectivity index is 1.56. The van der Waals surface area contributed by atoms with Crippen LogP contribution in [0.3, 0.4) is 0 Å². The Hall–Kier alpha value is -2.57. The van der Waals surface area contributed by atoms with Gasteiger partial charge in [0.2, 0.25) is 0 Å². The summed E-state index contributed by atoms with van der Waals surface area (Å²) >= 11 is 0. The molecule has 1 aromatic rings. The van der Waals surface area contributed by atoms with Crippen LogP contribution in [-0.4, -0.2) is 53.6 Å². The van der Waals surface area contributed by atoms with E-state index in [9.17, 15) is 14.4 Å². The summed E-state index contributed by atoms with van der Waals surface area (Å²) in [5.41, 5.74) is 2.99. The van der Waals surface area contributed by atoms with E-state index in [1.165, 1.54) is 0 Å². The minimum atomic E-state index is -0.621. The van der Waals surface area contributed by atoms with Crippen LogP contribution in [0.25, 0.3) is 0 Å². The van der Waals surface area contributed by atoms with Crippen molar-refractivity contribution in [1.29, 1.82) is 0 Å². The highest BCUT2D eigenvalue weighted by molar-refractivity contribution is 5.98. The molecule has 0 unspecified atom stereocenters. The normalized spacial score (nSPS) is 18.3. The van der Waals surface area contributed by atoms with E-state index < -0.39 is 6.09 Å². The number of carbonyl (C=O) groups is 3. The average molecular weight is 303 g/mol. The second-order valence-electron chi connectivity index (χ2n) is 5.61. The Labute approximate surface area is 127 Å². The van der Waals surface area contributed by atoms with Crippen molar-refractivity contribution < 1.29 is 19.1 Å². The lowest BCUT2D eigenvalue weighted by Gasteiger charge is -2.41. The van der Waals surface area contributed by atoms with Crippen LogP contribution >= 0.6 is 0 Å². The van der Waals surface area contributed by atoms with Gasteiger partial charge in [-0.2, -0.15) is 0 Å². The van der Waals surface area contributed by atoms with Gasteiger partial charge in [0.05, 0.1) is 6.04 Å². The zero-order valence-electron chi connectivity index (χ0n) is 12.5. The molecule has 0 atom stereocenters. The van der Waals surface area contributed by atoms with Crippen molar-refractivity contribution in [1.82, 2.24) is 9.80 Å². The van der Waals surface area contributed by atoms with Crippen molar-refractivity contribution in [2.24, 2.45) is 0 Å². The van der Waals surface area contributed by atoms with Gasteiger partial charge in [0.1, 0.15) is 0 Å². The largest absolute Gasteiger partial charge is 0.439 e. The number of hydrogen-bond acceptors (Lipinski definition) is 4. The van der Waals surface area contributed by atoms with Crippen LogP contribution < -0.4 is 5.32 Å². The molecule has 2 saturated heterocycles. The number of ether oxygens (including phenoxy) is 1. The van der Waals surface area contributed by atoms with Gasteiger partial charge in [-0.3, -0.25) is 4.79 Å². The number of nitrogens with one attached hydrogen (secondary N) is 1. The molecule has 0 radical (unpaired) electrons. The van der Waals surface area contributed by atoms with Gasteiger partial charge in [0.15, 0.2) is 6.61 Å². The summed E-state index contributed by atoms with van der Waals surface area (Å²) in [6, 6.07) is 5.18. The van der Waals surface area contributed by atoms with Crippen molar-refractivity contribution in [3.8, 4) is 0 Å². The number of carbonyl (C=O) groups excluding carboxylic acids is 3. The van der Waals surface area contributed by atoms with E-state index in [1.807, 2.05) is 32.0 Å². The molecular formula is C15H17N3O4. The number of likely N-dealkylation sites (tertiary alicyclic amines) is 1. The number of aryl methyl sites for hydroxylation is 2. The van der Waals surface area contributed by atoms with Gasteiger partial charge in [-0.05, 0) is 37.1 Å². The van der Waals surface area contributed by atoms with Crippen molar-refractivity contribution in [2.45, 2.75) is 19.9 Å². The molecule has 116 valence electrons. The monoisotopic (exact) mass is 303 g/mol. The Morgan fingerprint density at radius 3 is 2.55 bits per heavy atom. The fourth-order valence-electron chi connectivity index (χ4n) is 2.52. The maximum Gasteiger partial charge on any atom is 0.417 e. The number of anilines is 1. The molecule has 0 bridgehead atoms. The lowest BCUT2D eigenvalue weighted by Crippen LogP contribution is -2.63. The van der Waals surface area contributed by atoms with E-state index in [1.54, 1.807) is 4.90 Å². The number of cyclic esters (lactones) is 1. The fourth-order valence-corrected chi connectivity index (χ4v) is 2.52. The first kappa shape index (κ1) is 14.4. The number of benzene rings is 1. The van der Waals surface area contributed by atoms with Gasteiger partial charge in [0.25, 0.3) is 5.91 Å². The van der Waals surface area contributed by atoms with Gasteiger partial charge in [-0.25, -0.2) is 14.5 Å². The van der Waals surface area contributed by atoms with Crippen molar-refractivity contribution in [3.63, 3.8) is 0 Å². The van der Waals surface area contributed by atoms with E-state index >= 15 is 0 Å². The van der Waals surface area contributed by atoms with Crippen LogP contribution in [0.4, 0.5) is 15.3 Å². The van der Waals surface area contributed by atoms with Crippen molar-refractivity contribution >= 4 is 23.7 Å². The number of rotatable bonds is 2. The van der Waals surface area contributed by atoms with Crippen molar-refractivity contribution in [3.05, 3.63) is 29.3 Å². The number of amides is 4. The molecule has 4 amide bonds. The number of urea groups is 1. The third kappa shape index (κ3) is 2.49. The average Bonchev–Trinajstić information content (AvgIpc) is 2.73. The van der Waals surface area contributed by atoms with Gasteiger partial charge in [0, 0.05) is 18.8 Å². The molecule has 0 spiro atoms. The van der Waals surface area contributed by atoms with Crippen LogP contribution in [0, 0.1) is 13.8 Å². The molecular weight excluding hydrogens is 286 g/mol. The first-order valence-corrected chi connectivity index (χ1v) is 7.07. The first-order valence-electron chi connectivity index (χ1n) is 7.07. The molecule has 2 heterocycles. The minimum absolute atomic E-state index is 0.204. The SMILES string of the molecule is Cc1ccc(NC(=O)N2CC(N3C(=O)COC3=O)C2)cc1C. The van der Waals surface area contributed by atoms with E-state index in [0.717, 1.165) is 21.7 Å². The van der Waals surface area contributed by atoms with E-state index in [2.05, 4.69) is 10.1 Å². The standard InChI is InChI=1S/C15H17N3O4/c1-9-3-4-11(5-10(9)2)16-14(20)17-6-12(7-17)18-13(19)8-22-15(18)21/h3-5,12H,6-8H2,1-2H3,(H,16,20). The molecule has 1 aromatic carbocycles. The van der Waals surface area contributed by atoms with Crippen LogP contribution in [0.5, 0.6) is 0 Å². The number of nitrogens with zero attached hydrogens (tertiary/aromatic N) is 2. The Bertz CT molecular complexity index is 636. The molecule has 2 aliphatic heterocycles. The summed E-state index contributed by atoms with van der Waals surface area (Å²) in [6.45, 7) is 4.45. The summed E-state index contributed by atoms with van der Waals surface area (Å²) in [7, 11) is 0. The molecule has 3 rings (SSSR count). The highest BCUT2D eigenvalue weighted by Gasteiger charge is 2.44. The highest BCUT2D eigenvalue weighted by Crippen LogP contribution is 2.21. The van der Waals surface area contributed by atoms with Crippen LogP contribution in [-0.2, 0) is 9.53 Å². The van der Waals surface area contributed by atoms with E-state index in [4.69, 9.17) is 0 Å². The van der Waals surface area contributed by atoms with Crippen LogP contribution in [0.15, 0.2) is 18.2 Å². The molecule has 1 N–H and O–H groups in total. The quantitative estimate of drug-likeness (QED) is 0.898. The second kappa shape index (κ2) is 5.32. The summed E-state index contributed by atoms with van der Waals surface area (Å²) < 4.78 is 4.67. The lowest BCUT2D eigenvalue weighted by atomic mass is 10.1. The molecule has 2 fully saturated rings. The van der Waals surface area contributed by atoms with Crippen LogP contribution in [0.2, 0.25) is 0 Å². The third-order valence-electron chi connectivity index (χ3n) is 4.06. The summed E-state index contributed by atoms with van der Waals surface area (Å²) in [5.74, 6) is -0.343. The Morgan fingerprint density at radius 1 is 1.23 bits per heavy atom. The second-order valence-corrected chi connectivity index (χ2v) is 5.61. The Kier molecular flexibility index (Phi) is 3.48. The predicted molar refractivity (Wildman–Crippen MR) is 78.5 cm³/mol. The smallest absolute Gasteiger partial charge is 0.417 e. The van der Waals surface area contributed by atoms with Crippen molar-refractivity contribution in [2.75, 3.05) is 25.0 Å². The first-order chi connectivity index (χ1) is 10.5. The minimum Gasteiger partial charge on any atom is -0.439 e. The molecule has 2 aliphatic rings. The zero-order chi connectivity index (χ0) is 15.9. The fraction of sp³-hybridized carbons (Fsp3) is 0.400. The molecule has 22 heavy (non-hydrogen) atoms. The molecule has 0 aliphatic carbocycles. The van der Waals surface area contributed by atoms with Gasteiger partial charge < -0.3 is 15.0 Å². The number of imide groups is 1. The van der Waals surface area contributed by atoms with Gasteiger partial charge in [-0.15, -0.1) is 0 Å². The van der Waals surface area contributed by atoms with Gasteiger partial charge >= 0.3 is 12.1 Å². The highest BCUT2D eigenvalue weighted by atomic mass is 16.6. The van der Waals surface area contributed by atoms with Gasteiger partial charge in [-0.1, -0.05) is 6.07 Å². The molecule has 0 saturated carbocycles. The summed E-state index contributed by atoms with van der Waals surface area (Å²) in [4.78, 5) is 37.7. The van der Waals surface area contributed by atoms with E-state index in [-0.39, 0.29) is 24.6 Å². The topological polar surface area (TPSA) is 79.0 Å². The maximum atomic E-state index is 12.1. The summed E-state index contributed by atoms with van der Waals surface area (Å²) in [5, 5.41) is 2.81. The summed E-state index contributed by atoms with van der Waals surface area (Å²) in [6.07, 6.45) is -0.621. The zero-order valence-corrected chi connectivity index (χ0v) is 12.5. The predicted octanol–water partition coefficient (Wildman–Crippen LogP) is 1.50.